The van der Waals surface area contributed by atoms with Crippen molar-refractivity contribution in [1.29, 1.82) is 0 Å². The minimum absolute atomic E-state index is 0.238. The van der Waals surface area contributed by atoms with Gasteiger partial charge in [-0.1, -0.05) is 23.2 Å². The Bertz CT molecular complexity index is 823. The van der Waals surface area contributed by atoms with Crippen LogP contribution < -0.4 is 5.32 Å². The largest absolute Gasteiger partial charge is 0.507 e. The van der Waals surface area contributed by atoms with Gasteiger partial charge in [-0.3, -0.25) is 9.59 Å². The molecular weight excluding hydrogens is 377 g/mol. The Hall–Kier alpha value is -2.38. The molecule has 2 aromatic rings. The fourth-order valence-corrected chi connectivity index (χ4v) is 2.32. The maximum atomic E-state index is 13.7. The number of rotatable bonds is 4. The number of halogens is 4. The van der Waals surface area contributed by atoms with E-state index in [0.717, 1.165) is 4.90 Å². The van der Waals surface area contributed by atoms with Crippen molar-refractivity contribution in [3.05, 3.63) is 57.6 Å². The highest BCUT2D eigenvalue weighted by atomic mass is 35.5. The number of amides is 2. The maximum absolute atomic E-state index is 13.7. The van der Waals surface area contributed by atoms with E-state index in [-0.39, 0.29) is 5.02 Å². The summed E-state index contributed by atoms with van der Waals surface area (Å²) in [5, 5.41) is 12.6. The predicted octanol–water partition coefficient (Wildman–Crippen LogP) is 3.69. The van der Waals surface area contributed by atoms with E-state index in [4.69, 9.17) is 23.2 Å². The fraction of sp³-hybridized carbons (Fsp3) is 0.125. The highest BCUT2D eigenvalue weighted by Gasteiger charge is 2.23. The van der Waals surface area contributed by atoms with Gasteiger partial charge in [0.1, 0.15) is 22.9 Å². The quantitative estimate of drug-likeness (QED) is 0.838. The Balaban J connectivity index is 2.08. The molecule has 0 aliphatic carbocycles. The monoisotopic (exact) mass is 388 g/mol. The summed E-state index contributed by atoms with van der Waals surface area (Å²) in [5.41, 5.74) is -0.359. The SMILES string of the molecule is CN(CC(=O)Nc1ccc(Cl)c(Cl)c1)C(=O)c1c(O)cc(F)cc1F. The first kappa shape index (κ1) is 19.0. The molecule has 0 aromatic heterocycles. The summed E-state index contributed by atoms with van der Waals surface area (Å²) >= 11 is 11.6. The lowest BCUT2D eigenvalue weighted by molar-refractivity contribution is -0.116. The number of hydrogen-bond acceptors (Lipinski definition) is 3. The number of hydrogen-bond donors (Lipinski definition) is 2. The molecule has 0 spiro atoms. The van der Waals surface area contributed by atoms with Crippen molar-refractivity contribution in [2.75, 3.05) is 18.9 Å². The zero-order valence-corrected chi connectivity index (χ0v) is 14.3. The van der Waals surface area contributed by atoms with Gasteiger partial charge in [-0.05, 0) is 18.2 Å². The van der Waals surface area contributed by atoms with E-state index >= 15 is 0 Å². The topological polar surface area (TPSA) is 69.6 Å². The van der Waals surface area contributed by atoms with E-state index in [1.807, 2.05) is 0 Å². The van der Waals surface area contributed by atoms with Crippen molar-refractivity contribution in [1.82, 2.24) is 4.90 Å². The van der Waals surface area contributed by atoms with E-state index in [2.05, 4.69) is 5.32 Å². The highest BCUT2D eigenvalue weighted by molar-refractivity contribution is 6.42. The van der Waals surface area contributed by atoms with Crippen LogP contribution in [-0.4, -0.2) is 35.4 Å². The van der Waals surface area contributed by atoms with Crippen molar-refractivity contribution in [2.24, 2.45) is 0 Å². The fourth-order valence-electron chi connectivity index (χ4n) is 2.02. The van der Waals surface area contributed by atoms with Crippen LogP contribution in [0.1, 0.15) is 10.4 Å². The minimum Gasteiger partial charge on any atom is -0.507 e. The lowest BCUT2D eigenvalue weighted by Gasteiger charge is -2.18. The summed E-state index contributed by atoms with van der Waals surface area (Å²) in [4.78, 5) is 25.0. The number of carbonyl (C=O) groups is 2. The van der Waals surface area contributed by atoms with Crippen LogP contribution in [0.5, 0.6) is 5.75 Å². The number of phenolic OH excluding ortho intramolecular Hbond substituents is 1. The number of nitrogens with one attached hydrogen (secondary N) is 1. The molecule has 9 heteroatoms. The molecule has 2 rings (SSSR count). The molecule has 0 unspecified atom stereocenters. The number of nitrogens with zero attached hydrogens (tertiary/aromatic N) is 1. The summed E-state index contributed by atoms with van der Waals surface area (Å²) in [5.74, 6) is -4.65. The zero-order chi connectivity index (χ0) is 18.7. The average molecular weight is 389 g/mol. The second-order valence-corrected chi connectivity index (χ2v) is 5.93. The molecule has 132 valence electrons. The van der Waals surface area contributed by atoms with Crippen LogP contribution in [-0.2, 0) is 4.79 Å². The van der Waals surface area contributed by atoms with Crippen LogP contribution >= 0.6 is 23.2 Å². The number of anilines is 1. The Morgan fingerprint density at radius 1 is 1.16 bits per heavy atom. The zero-order valence-electron chi connectivity index (χ0n) is 12.8. The molecular formula is C16H12Cl2F2N2O3. The molecule has 0 radical (unpaired) electrons. The molecule has 0 saturated carbocycles. The van der Waals surface area contributed by atoms with Gasteiger partial charge in [-0.15, -0.1) is 0 Å². The second kappa shape index (κ2) is 7.67. The van der Waals surface area contributed by atoms with E-state index in [0.29, 0.717) is 22.8 Å². The van der Waals surface area contributed by atoms with Crippen LogP contribution in [0.3, 0.4) is 0 Å². The lowest BCUT2D eigenvalue weighted by atomic mass is 10.1. The first-order valence-corrected chi connectivity index (χ1v) is 7.63. The van der Waals surface area contributed by atoms with Crippen molar-refractivity contribution in [3.63, 3.8) is 0 Å². The van der Waals surface area contributed by atoms with Gasteiger partial charge in [0.15, 0.2) is 0 Å². The lowest BCUT2D eigenvalue weighted by Crippen LogP contribution is -2.35. The maximum Gasteiger partial charge on any atom is 0.260 e. The third-order valence-corrected chi connectivity index (χ3v) is 3.92. The molecule has 2 aromatic carbocycles. The number of benzene rings is 2. The molecule has 0 saturated heterocycles. The Labute approximate surface area is 151 Å². The molecule has 5 nitrogen and oxygen atoms in total. The Kier molecular flexibility index (Phi) is 5.81. The predicted molar refractivity (Wildman–Crippen MR) is 90.1 cm³/mol. The van der Waals surface area contributed by atoms with E-state index in [9.17, 15) is 23.5 Å². The van der Waals surface area contributed by atoms with Crippen LogP contribution in [0.4, 0.5) is 14.5 Å². The Morgan fingerprint density at radius 3 is 2.44 bits per heavy atom. The van der Waals surface area contributed by atoms with Gasteiger partial charge >= 0.3 is 0 Å². The molecule has 0 aliphatic rings. The average Bonchev–Trinajstić information content (AvgIpc) is 2.49. The van der Waals surface area contributed by atoms with Crippen LogP contribution in [0.25, 0.3) is 0 Å². The number of carbonyl (C=O) groups excluding carboxylic acids is 2. The summed E-state index contributed by atoms with van der Waals surface area (Å²) in [6.07, 6.45) is 0. The third-order valence-electron chi connectivity index (χ3n) is 3.18. The summed E-state index contributed by atoms with van der Waals surface area (Å²) in [6, 6.07) is 5.51. The molecule has 2 N–H and O–H groups in total. The van der Waals surface area contributed by atoms with Gasteiger partial charge in [0, 0.05) is 24.9 Å². The molecule has 2 amide bonds. The van der Waals surface area contributed by atoms with Crippen molar-refractivity contribution >= 4 is 40.7 Å². The van der Waals surface area contributed by atoms with Gasteiger partial charge in [0.2, 0.25) is 5.91 Å². The molecule has 0 heterocycles. The van der Waals surface area contributed by atoms with Crippen LogP contribution in [0.2, 0.25) is 10.0 Å². The molecule has 0 aliphatic heterocycles. The first-order chi connectivity index (χ1) is 11.7. The number of aromatic hydroxyl groups is 1. The summed E-state index contributed by atoms with van der Waals surface area (Å²) < 4.78 is 26.7. The molecule has 0 fully saturated rings. The van der Waals surface area contributed by atoms with Gasteiger partial charge in [-0.25, -0.2) is 8.78 Å². The van der Waals surface area contributed by atoms with Crippen molar-refractivity contribution in [3.8, 4) is 5.75 Å². The van der Waals surface area contributed by atoms with Crippen molar-refractivity contribution in [2.45, 2.75) is 0 Å². The number of likely N-dealkylation sites (N-methyl/N-ethyl adjacent to an activating group) is 1. The van der Waals surface area contributed by atoms with Gasteiger partial charge < -0.3 is 15.3 Å². The molecule has 0 bridgehead atoms. The number of phenols is 1. The first-order valence-electron chi connectivity index (χ1n) is 6.87. The highest BCUT2D eigenvalue weighted by Crippen LogP contribution is 2.25. The van der Waals surface area contributed by atoms with E-state index < -0.39 is 41.3 Å². The Morgan fingerprint density at radius 2 is 1.84 bits per heavy atom. The smallest absolute Gasteiger partial charge is 0.260 e. The normalized spacial score (nSPS) is 10.4. The van der Waals surface area contributed by atoms with Gasteiger partial charge in [0.05, 0.1) is 16.6 Å². The van der Waals surface area contributed by atoms with E-state index in [1.54, 1.807) is 0 Å². The molecule has 25 heavy (non-hydrogen) atoms. The molecule has 0 atom stereocenters. The van der Waals surface area contributed by atoms with E-state index in [1.165, 1.54) is 25.2 Å². The van der Waals surface area contributed by atoms with Crippen LogP contribution in [0.15, 0.2) is 30.3 Å². The third kappa shape index (κ3) is 4.58. The minimum atomic E-state index is -1.22. The van der Waals surface area contributed by atoms with Gasteiger partial charge in [0.25, 0.3) is 5.91 Å². The second-order valence-electron chi connectivity index (χ2n) is 5.12. The summed E-state index contributed by atoms with van der Waals surface area (Å²) in [7, 11) is 1.24. The van der Waals surface area contributed by atoms with Crippen molar-refractivity contribution < 1.29 is 23.5 Å². The van der Waals surface area contributed by atoms with Crippen LogP contribution in [0, 0.1) is 11.6 Å². The standard InChI is InChI=1S/C16H12Cl2F2N2O3/c1-22(16(25)15-12(20)4-8(19)5-13(15)23)7-14(24)21-9-2-3-10(17)11(18)6-9/h2-6,23H,7H2,1H3,(H,21,24). The summed E-state index contributed by atoms with van der Waals surface area (Å²) in [6.45, 7) is -0.435. The van der Waals surface area contributed by atoms with Gasteiger partial charge in [-0.2, -0.15) is 0 Å².